The molecule has 2 saturated carbocycles. The van der Waals surface area contributed by atoms with E-state index in [2.05, 4.69) is 10.6 Å². The molecule has 0 saturated heterocycles. The average Bonchev–Trinajstić information content (AvgIpc) is 2.94. The van der Waals surface area contributed by atoms with Gasteiger partial charge in [0.25, 0.3) is 0 Å². The molecule has 1 aromatic carbocycles. The predicted molar refractivity (Wildman–Crippen MR) is 80.0 cm³/mol. The molecule has 0 aromatic heterocycles. The van der Waals surface area contributed by atoms with Crippen molar-refractivity contribution >= 4 is 34.6 Å². The minimum Gasteiger partial charge on any atom is -0.359 e. The van der Waals surface area contributed by atoms with Crippen LogP contribution in [0.4, 0.5) is 5.69 Å². The normalized spacial score (nSPS) is 29.3. The summed E-state index contributed by atoms with van der Waals surface area (Å²) < 4.78 is 0. The van der Waals surface area contributed by atoms with Crippen LogP contribution in [0.25, 0.3) is 0 Å². The van der Waals surface area contributed by atoms with Crippen LogP contribution >= 0.6 is 23.8 Å². The van der Waals surface area contributed by atoms with Crippen molar-refractivity contribution in [2.24, 2.45) is 11.8 Å². The van der Waals surface area contributed by atoms with Crippen LogP contribution in [0.15, 0.2) is 24.3 Å². The van der Waals surface area contributed by atoms with Gasteiger partial charge in [0.2, 0.25) is 0 Å². The van der Waals surface area contributed by atoms with Gasteiger partial charge in [-0.25, -0.2) is 0 Å². The predicted octanol–water partition coefficient (Wildman–Crippen LogP) is 3.82. The number of hydrogen-bond donors (Lipinski definition) is 2. The van der Waals surface area contributed by atoms with E-state index >= 15 is 0 Å². The van der Waals surface area contributed by atoms with Crippen LogP contribution in [0, 0.1) is 11.8 Å². The molecule has 0 unspecified atom stereocenters. The van der Waals surface area contributed by atoms with E-state index in [0.717, 1.165) is 27.7 Å². The summed E-state index contributed by atoms with van der Waals surface area (Å²) in [4.78, 5) is 0. The van der Waals surface area contributed by atoms with E-state index in [4.69, 9.17) is 23.8 Å². The maximum Gasteiger partial charge on any atom is 0.171 e. The van der Waals surface area contributed by atoms with Crippen LogP contribution in [-0.4, -0.2) is 11.2 Å². The molecule has 2 fully saturated rings. The van der Waals surface area contributed by atoms with Gasteiger partial charge in [0.1, 0.15) is 0 Å². The van der Waals surface area contributed by atoms with Gasteiger partial charge in [0, 0.05) is 16.8 Å². The molecule has 96 valence electrons. The number of thiocarbonyl (C=S) groups is 1. The first kappa shape index (κ1) is 12.2. The third-order valence-corrected chi connectivity index (χ3v) is 4.63. The highest BCUT2D eigenvalue weighted by Gasteiger charge is 2.39. The minimum absolute atomic E-state index is 0.580. The lowest BCUT2D eigenvalue weighted by Crippen LogP contribution is -2.40. The van der Waals surface area contributed by atoms with Crippen molar-refractivity contribution in [2.45, 2.75) is 31.7 Å². The van der Waals surface area contributed by atoms with Gasteiger partial charge >= 0.3 is 0 Å². The van der Waals surface area contributed by atoms with E-state index in [1.165, 1.54) is 25.7 Å². The number of anilines is 1. The second kappa shape index (κ2) is 5.06. The maximum absolute atomic E-state index is 5.85. The molecule has 2 nitrogen and oxygen atoms in total. The van der Waals surface area contributed by atoms with Gasteiger partial charge in [-0.2, -0.15) is 0 Å². The number of fused-ring (bicyclic) bond motifs is 2. The van der Waals surface area contributed by atoms with E-state index in [1.54, 1.807) is 0 Å². The van der Waals surface area contributed by atoms with Crippen molar-refractivity contribution in [3.05, 3.63) is 29.3 Å². The summed E-state index contributed by atoms with van der Waals surface area (Å²) in [6.07, 6.45) is 5.46. The second-order valence-electron chi connectivity index (χ2n) is 5.39. The summed E-state index contributed by atoms with van der Waals surface area (Å²) in [7, 11) is 0. The molecule has 1 aromatic rings. The molecule has 0 aliphatic heterocycles. The molecule has 18 heavy (non-hydrogen) atoms. The Morgan fingerprint density at radius 3 is 2.56 bits per heavy atom. The summed E-state index contributed by atoms with van der Waals surface area (Å²) >= 11 is 11.2. The Morgan fingerprint density at radius 2 is 1.94 bits per heavy atom. The van der Waals surface area contributed by atoms with E-state index in [1.807, 2.05) is 24.3 Å². The van der Waals surface area contributed by atoms with Crippen molar-refractivity contribution in [3.63, 3.8) is 0 Å². The lowest BCUT2D eigenvalue weighted by molar-refractivity contribution is 0.392. The van der Waals surface area contributed by atoms with E-state index in [-0.39, 0.29) is 0 Å². The van der Waals surface area contributed by atoms with Crippen LogP contribution in [-0.2, 0) is 0 Å². The fourth-order valence-electron chi connectivity index (χ4n) is 3.29. The molecule has 0 heterocycles. The summed E-state index contributed by atoms with van der Waals surface area (Å²) in [6, 6.07) is 8.19. The molecular formula is C14H17ClN2S. The molecule has 3 atom stereocenters. The fraction of sp³-hybridized carbons (Fsp3) is 0.500. The third-order valence-electron chi connectivity index (χ3n) is 4.16. The average molecular weight is 281 g/mol. The topological polar surface area (TPSA) is 24.1 Å². The smallest absolute Gasteiger partial charge is 0.171 e. The Labute approximate surface area is 118 Å². The van der Waals surface area contributed by atoms with Crippen LogP contribution in [0.3, 0.4) is 0 Å². The number of hydrogen-bond acceptors (Lipinski definition) is 1. The number of benzene rings is 1. The largest absolute Gasteiger partial charge is 0.359 e. The second-order valence-corrected chi connectivity index (χ2v) is 6.23. The van der Waals surface area contributed by atoms with Gasteiger partial charge in [-0.1, -0.05) is 18.0 Å². The highest BCUT2D eigenvalue weighted by Crippen LogP contribution is 2.44. The molecule has 2 aliphatic carbocycles. The zero-order valence-corrected chi connectivity index (χ0v) is 11.7. The van der Waals surface area contributed by atoms with Gasteiger partial charge in [-0.05, 0) is 67.6 Å². The van der Waals surface area contributed by atoms with E-state index in [9.17, 15) is 0 Å². The minimum atomic E-state index is 0.580. The summed E-state index contributed by atoms with van der Waals surface area (Å²) in [5.74, 6) is 1.77. The Kier molecular flexibility index (Phi) is 3.44. The molecule has 0 spiro atoms. The SMILES string of the molecule is S=C(Nc1ccc(Cl)cc1)N[C@@H]1C[C@@H]2CC[C@@H]1C2. The molecule has 0 amide bonds. The van der Waals surface area contributed by atoms with Crippen LogP contribution in [0.1, 0.15) is 25.7 Å². The lowest BCUT2D eigenvalue weighted by atomic mass is 9.96. The Morgan fingerprint density at radius 1 is 1.17 bits per heavy atom. The van der Waals surface area contributed by atoms with Crippen molar-refractivity contribution in [1.82, 2.24) is 5.32 Å². The first-order valence-corrected chi connectivity index (χ1v) is 7.32. The van der Waals surface area contributed by atoms with Gasteiger partial charge in [0.15, 0.2) is 5.11 Å². The number of nitrogens with one attached hydrogen (secondary N) is 2. The van der Waals surface area contributed by atoms with Crippen LogP contribution in [0.5, 0.6) is 0 Å². The molecule has 3 rings (SSSR count). The van der Waals surface area contributed by atoms with Crippen molar-refractivity contribution in [2.75, 3.05) is 5.32 Å². The summed E-state index contributed by atoms with van der Waals surface area (Å²) in [5, 5.41) is 8.15. The zero-order valence-electron chi connectivity index (χ0n) is 10.2. The summed E-state index contributed by atoms with van der Waals surface area (Å²) in [6.45, 7) is 0. The lowest BCUT2D eigenvalue weighted by Gasteiger charge is -2.24. The standard InChI is InChI=1S/C14H17ClN2S/c15-11-3-5-12(6-4-11)16-14(18)17-13-8-9-1-2-10(13)7-9/h3-6,9-10,13H,1-2,7-8H2,(H2,16,17,18)/t9-,10-,13-/m1/s1. The molecular weight excluding hydrogens is 264 g/mol. The van der Waals surface area contributed by atoms with Crippen LogP contribution < -0.4 is 10.6 Å². The van der Waals surface area contributed by atoms with Crippen molar-refractivity contribution in [3.8, 4) is 0 Å². The molecule has 0 radical (unpaired) electrons. The molecule has 2 aliphatic rings. The Balaban J connectivity index is 1.54. The van der Waals surface area contributed by atoms with Crippen molar-refractivity contribution in [1.29, 1.82) is 0 Å². The van der Waals surface area contributed by atoms with E-state index in [0.29, 0.717) is 6.04 Å². The first-order valence-electron chi connectivity index (χ1n) is 6.54. The molecule has 2 bridgehead atoms. The van der Waals surface area contributed by atoms with Gasteiger partial charge < -0.3 is 10.6 Å². The third kappa shape index (κ3) is 2.62. The first-order chi connectivity index (χ1) is 8.70. The Bertz CT molecular complexity index is 446. The summed E-state index contributed by atoms with van der Waals surface area (Å²) in [5.41, 5.74) is 0.986. The highest BCUT2D eigenvalue weighted by atomic mass is 35.5. The molecule has 2 N–H and O–H groups in total. The van der Waals surface area contributed by atoms with E-state index < -0.39 is 0 Å². The van der Waals surface area contributed by atoms with Gasteiger partial charge in [-0.3, -0.25) is 0 Å². The monoisotopic (exact) mass is 280 g/mol. The number of halogens is 1. The quantitative estimate of drug-likeness (QED) is 0.806. The number of rotatable bonds is 2. The van der Waals surface area contributed by atoms with Gasteiger partial charge in [-0.15, -0.1) is 0 Å². The van der Waals surface area contributed by atoms with Crippen LogP contribution in [0.2, 0.25) is 5.02 Å². The Hall–Kier alpha value is -0.800. The van der Waals surface area contributed by atoms with Gasteiger partial charge in [0.05, 0.1) is 0 Å². The molecule has 4 heteroatoms. The highest BCUT2D eigenvalue weighted by molar-refractivity contribution is 7.80. The zero-order chi connectivity index (χ0) is 12.5. The maximum atomic E-state index is 5.85. The fourth-order valence-corrected chi connectivity index (χ4v) is 3.69. The van der Waals surface area contributed by atoms with Crippen molar-refractivity contribution < 1.29 is 0 Å².